The Kier molecular flexibility index (Phi) is 5.86. The molecule has 0 N–H and O–H groups in total. The molecule has 3 nitrogen and oxygen atoms in total. The van der Waals surface area contributed by atoms with E-state index in [1.807, 2.05) is 24.3 Å². The fraction of sp³-hybridized carbons (Fsp3) is 0.533. The van der Waals surface area contributed by atoms with Gasteiger partial charge in [-0.25, -0.2) is 4.79 Å². The molecular weight excluding hydrogens is 226 g/mol. The Morgan fingerprint density at radius 1 is 1.28 bits per heavy atom. The SMILES string of the molecule is COC(=O)c1ccc(CN(C)CCC(C)C)cc1. The molecule has 0 amide bonds. The summed E-state index contributed by atoms with van der Waals surface area (Å²) in [7, 11) is 3.52. The topological polar surface area (TPSA) is 29.5 Å². The molecule has 0 aliphatic rings. The minimum Gasteiger partial charge on any atom is -0.465 e. The Hall–Kier alpha value is -1.35. The van der Waals surface area contributed by atoms with Gasteiger partial charge in [-0.2, -0.15) is 0 Å². The van der Waals surface area contributed by atoms with Crippen molar-refractivity contribution in [3.8, 4) is 0 Å². The first-order valence-corrected chi connectivity index (χ1v) is 6.38. The van der Waals surface area contributed by atoms with Gasteiger partial charge in [0.05, 0.1) is 12.7 Å². The normalized spacial score (nSPS) is 11.0. The number of carbonyl (C=O) groups excluding carboxylic acids is 1. The van der Waals surface area contributed by atoms with Gasteiger partial charge in [0.15, 0.2) is 0 Å². The molecule has 0 unspecified atom stereocenters. The summed E-state index contributed by atoms with van der Waals surface area (Å²) in [5, 5.41) is 0. The molecule has 0 atom stereocenters. The molecule has 0 fully saturated rings. The van der Waals surface area contributed by atoms with Crippen molar-refractivity contribution in [3.05, 3.63) is 35.4 Å². The predicted octanol–water partition coefficient (Wildman–Crippen LogP) is 2.95. The molecule has 0 aliphatic carbocycles. The third-order valence-electron chi connectivity index (χ3n) is 2.92. The maximum atomic E-state index is 11.3. The largest absolute Gasteiger partial charge is 0.465 e. The van der Waals surface area contributed by atoms with Gasteiger partial charge in [-0.05, 0) is 43.6 Å². The lowest BCUT2D eigenvalue weighted by Gasteiger charge is -2.17. The smallest absolute Gasteiger partial charge is 0.337 e. The number of hydrogen-bond acceptors (Lipinski definition) is 3. The summed E-state index contributed by atoms with van der Waals surface area (Å²) in [6.07, 6.45) is 1.21. The van der Waals surface area contributed by atoms with Gasteiger partial charge >= 0.3 is 5.97 Å². The minimum atomic E-state index is -0.283. The van der Waals surface area contributed by atoms with E-state index in [4.69, 9.17) is 0 Å². The first-order valence-electron chi connectivity index (χ1n) is 6.38. The molecule has 18 heavy (non-hydrogen) atoms. The van der Waals surface area contributed by atoms with E-state index >= 15 is 0 Å². The van der Waals surface area contributed by atoms with Gasteiger partial charge in [-0.3, -0.25) is 0 Å². The van der Waals surface area contributed by atoms with Crippen molar-refractivity contribution in [2.45, 2.75) is 26.8 Å². The second-order valence-corrected chi connectivity index (χ2v) is 5.11. The van der Waals surface area contributed by atoms with E-state index in [1.54, 1.807) is 0 Å². The molecular formula is C15H23NO2. The van der Waals surface area contributed by atoms with Crippen LogP contribution in [0.1, 0.15) is 36.2 Å². The summed E-state index contributed by atoms with van der Waals surface area (Å²) in [6, 6.07) is 7.60. The number of rotatable bonds is 6. The summed E-state index contributed by atoms with van der Waals surface area (Å²) in [4.78, 5) is 13.6. The number of hydrogen-bond donors (Lipinski definition) is 0. The zero-order chi connectivity index (χ0) is 13.5. The van der Waals surface area contributed by atoms with Crippen LogP contribution in [0.4, 0.5) is 0 Å². The van der Waals surface area contributed by atoms with Crippen LogP contribution in [0.3, 0.4) is 0 Å². The third kappa shape index (κ3) is 4.88. The van der Waals surface area contributed by atoms with Crippen molar-refractivity contribution in [2.24, 2.45) is 5.92 Å². The molecule has 0 radical (unpaired) electrons. The summed E-state index contributed by atoms with van der Waals surface area (Å²) in [5.74, 6) is 0.448. The quantitative estimate of drug-likeness (QED) is 0.726. The fourth-order valence-corrected chi connectivity index (χ4v) is 1.73. The first kappa shape index (κ1) is 14.7. The number of esters is 1. The van der Waals surface area contributed by atoms with Gasteiger partial charge in [0, 0.05) is 6.54 Å². The molecule has 0 saturated carbocycles. The van der Waals surface area contributed by atoms with Crippen molar-refractivity contribution < 1.29 is 9.53 Å². The summed E-state index contributed by atoms with van der Waals surface area (Å²) in [5.41, 5.74) is 1.82. The van der Waals surface area contributed by atoms with E-state index in [9.17, 15) is 4.79 Å². The monoisotopic (exact) mass is 249 g/mol. The van der Waals surface area contributed by atoms with Gasteiger partial charge in [0.25, 0.3) is 0 Å². The van der Waals surface area contributed by atoms with Crippen LogP contribution in [0.25, 0.3) is 0 Å². The minimum absolute atomic E-state index is 0.283. The Labute approximate surface area is 110 Å². The molecule has 1 rings (SSSR count). The lowest BCUT2D eigenvalue weighted by Crippen LogP contribution is -2.20. The van der Waals surface area contributed by atoms with Crippen LogP contribution in [0.2, 0.25) is 0 Å². The Morgan fingerprint density at radius 3 is 2.39 bits per heavy atom. The van der Waals surface area contributed by atoms with Crippen LogP contribution < -0.4 is 0 Å². The van der Waals surface area contributed by atoms with E-state index in [1.165, 1.54) is 19.1 Å². The van der Waals surface area contributed by atoms with Gasteiger partial charge in [-0.1, -0.05) is 26.0 Å². The van der Waals surface area contributed by atoms with E-state index in [0.717, 1.165) is 19.0 Å². The highest BCUT2D eigenvalue weighted by Crippen LogP contribution is 2.09. The van der Waals surface area contributed by atoms with Crippen LogP contribution in [-0.2, 0) is 11.3 Å². The Morgan fingerprint density at radius 2 is 1.89 bits per heavy atom. The van der Waals surface area contributed by atoms with E-state index in [2.05, 4.69) is 30.5 Å². The van der Waals surface area contributed by atoms with E-state index in [0.29, 0.717) is 5.56 Å². The van der Waals surface area contributed by atoms with Crippen molar-refractivity contribution in [1.82, 2.24) is 4.90 Å². The first-order chi connectivity index (χ1) is 8.52. The number of methoxy groups -OCH3 is 1. The zero-order valence-electron chi connectivity index (χ0n) is 11.8. The van der Waals surface area contributed by atoms with E-state index in [-0.39, 0.29) is 5.97 Å². The average Bonchev–Trinajstić information content (AvgIpc) is 2.36. The van der Waals surface area contributed by atoms with Crippen molar-refractivity contribution >= 4 is 5.97 Å². The second-order valence-electron chi connectivity index (χ2n) is 5.11. The lowest BCUT2D eigenvalue weighted by molar-refractivity contribution is 0.0600. The van der Waals surface area contributed by atoms with Crippen molar-refractivity contribution in [3.63, 3.8) is 0 Å². The Bertz CT molecular complexity index is 371. The van der Waals surface area contributed by atoms with Gasteiger partial charge in [0.1, 0.15) is 0 Å². The number of ether oxygens (including phenoxy) is 1. The molecule has 0 aliphatic heterocycles. The van der Waals surface area contributed by atoms with Crippen LogP contribution >= 0.6 is 0 Å². The van der Waals surface area contributed by atoms with Gasteiger partial charge in [0.2, 0.25) is 0 Å². The molecule has 1 aromatic rings. The zero-order valence-corrected chi connectivity index (χ0v) is 11.8. The maximum Gasteiger partial charge on any atom is 0.337 e. The summed E-state index contributed by atoms with van der Waals surface area (Å²) >= 11 is 0. The second kappa shape index (κ2) is 7.17. The van der Waals surface area contributed by atoms with Crippen LogP contribution in [0, 0.1) is 5.92 Å². The molecule has 100 valence electrons. The molecule has 0 bridgehead atoms. The highest BCUT2D eigenvalue weighted by atomic mass is 16.5. The molecule has 1 aromatic carbocycles. The molecule has 3 heteroatoms. The molecule has 0 aromatic heterocycles. The van der Waals surface area contributed by atoms with Crippen LogP contribution in [0.5, 0.6) is 0 Å². The van der Waals surface area contributed by atoms with Gasteiger partial charge in [-0.15, -0.1) is 0 Å². The van der Waals surface area contributed by atoms with Gasteiger partial charge < -0.3 is 9.64 Å². The predicted molar refractivity (Wildman–Crippen MR) is 73.6 cm³/mol. The molecule has 0 spiro atoms. The molecule has 0 saturated heterocycles. The number of benzene rings is 1. The molecule has 0 heterocycles. The van der Waals surface area contributed by atoms with Crippen LogP contribution in [-0.4, -0.2) is 31.6 Å². The highest BCUT2D eigenvalue weighted by molar-refractivity contribution is 5.89. The Balaban J connectivity index is 2.50. The van der Waals surface area contributed by atoms with Crippen LogP contribution in [0.15, 0.2) is 24.3 Å². The highest BCUT2D eigenvalue weighted by Gasteiger charge is 2.06. The third-order valence-corrected chi connectivity index (χ3v) is 2.92. The average molecular weight is 249 g/mol. The lowest BCUT2D eigenvalue weighted by atomic mass is 10.1. The summed E-state index contributed by atoms with van der Waals surface area (Å²) in [6.45, 7) is 6.47. The van der Waals surface area contributed by atoms with Crippen molar-refractivity contribution in [2.75, 3.05) is 20.7 Å². The number of carbonyl (C=O) groups is 1. The standard InChI is InChI=1S/C15H23NO2/c1-12(2)9-10-16(3)11-13-5-7-14(8-6-13)15(17)18-4/h5-8,12H,9-11H2,1-4H3. The number of nitrogens with zero attached hydrogens (tertiary/aromatic N) is 1. The summed E-state index contributed by atoms with van der Waals surface area (Å²) < 4.78 is 4.67. The maximum absolute atomic E-state index is 11.3. The fourth-order valence-electron chi connectivity index (χ4n) is 1.73. The van der Waals surface area contributed by atoms with E-state index < -0.39 is 0 Å². The van der Waals surface area contributed by atoms with Crippen molar-refractivity contribution in [1.29, 1.82) is 0 Å².